The molecule has 1 aromatic heterocycles. The molecule has 1 N–H and O–H groups in total. The van der Waals surface area contributed by atoms with Crippen LogP contribution in [0.15, 0.2) is 48.7 Å². The van der Waals surface area contributed by atoms with E-state index in [0.29, 0.717) is 23.4 Å². The number of imide groups is 1. The summed E-state index contributed by atoms with van der Waals surface area (Å²) in [6, 6.07) is 10.6. The Morgan fingerprint density at radius 2 is 2.00 bits per heavy atom. The zero-order valence-corrected chi connectivity index (χ0v) is 17.7. The van der Waals surface area contributed by atoms with Gasteiger partial charge in [-0.1, -0.05) is 23.4 Å². The van der Waals surface area contributed by atoms with E-state index < -0.39 is 16.9 Å². The summed E-state index contributed by atoms with van der Waals surface area (Å²) in [5, 5.41) is 21.5. The first kappa shape index (κ1) is 21.2. The Balaban J connectivity index is 1.31. The van der Waals surface area contributed by atoms with Gasteiger partial charge in [-0.25, -0.2) is 4.68 Å². The fourth-order valence-corrected chi connectivity index (χ4v) is 4.06. The van der Waals surface area contributed by atoms with Crippen molar-refractivity contribution < 1.29 is 24.0 Å². The van der Waals surface area contributed by atoms with Crippen molar-refractivity contribution in [2.45, 2.75) is 32.0 Å². The molecule has 2 aliphatic rings. The lowest BCUT2D eigenvalue weighted by molar-refractivity contribution is -0.385. The summed E-state index contributed by atoms with van der Waals surface area (Å²) in [5.41, 5.74) is 2.11. The van der Waals surface area contributed by atoms with Crippen molar-refractivity contribution in [2.75, 3.05) is 0 Å². The monoisotopic (exact) mass is 462 g/mol. The zero-order chi connectivity index (χ0) is 23.8. The normalized spacial score (nSPS) is 17.5. The minimum atomic E-state index is -0.682. The molecule has 172 valence electrons. The van der Waals surface area contributed by atoms with Gasteiger partial charge in [0.1, 0.15) is 18.3 Å². The summed E-state index contributed by atoms with van der Waals surface area (Å²) in [6.07, 6.45) is 2.09. The summed E-state index contributed by atoms with van der Waals surface area (Å²) < 4.78 is 7.02. The van der Waals surface area contributed by atoms with Crippen LogP contribution < -0.4 is 10.1 Å². The first-order valence-corrected chi connectivity index (χ1v) is 10.5. The molecule has 3 heterocycles. The second kappa shape index (κ2) is 8.39. The first-order valence-electron chi connectivity index (χ1n) is 10.5. The van der Waals surface area contributed by atoms with E-state index in [1.807, 2.05) is 0 Å². The van der Waals surface area contributed by atoms with Gasteiger partial charge in [0, 0.05) is 24.6 Å². The van der Waals surface area contributed by atoms with Crippen LogP contribution in [0.4, 0.5) is 5.69 Å². The van der Waals surface area contributed by atoms with Crippen LogP contribution in [0.3, 0.4) is 0 Å². The predicted octanol–water partition coefficient (Wildman–Crippen LogP) is 1.52. The molecule has 1 unspecified atom stereocenters. The number of piperidine rings is 1. The first-order chi connectivity index (χ1) is 16.4. The number of benzene rings is 2. The molecule has 0 aliphatic carbocycles. The second-order valence-electron chi connectivity index (χ2n) is 7.91. The molecule has 0 bridgehead atoms. The average Bonchev–Trinajstić information content (AvgIpc) is 3.42. The third kappa shape index (κ3) is 3.85. The van der Waals surface area contributed by atoms with E-state index in [-0.39, 0.29) is 42.8 Å². The van der Waals surface area contributed by atoms with Gasteiger partial charge in [0.15, 0.2) is 5.75 Å². The van der Waals surface area contributed by atoms with E-state index in [1.54, 1.807) is 36.5 Å². The molecular formula is C22H18N6O6. The van der Waals surface area contributed by atoms with E-state index in [4.69, 9.17) is 4.74 Å². The molecule has 2 aliphatic heterocycles. The van der Waals surface area contributed by atoms with Crippen molar-refractivity contribution in [3.8, 4) is 11.4 Å². The van der Waals surface area contributed by atoms with E-state index >= 15 is 0 Å². The third-order valence-corrected chi connectivity index (χ3v) is 5.75. The maximum Gasteiger partial charge on any atom is 0.310 e. The molecule has 0 spiro atoms. The van der Waals surface area contributed by atoms with Gasteiger partial charge in [0.2, 0.25) is 11.8 Å². The Bertz CT molecular complexity index is 1330. The van der Waals surface area contributed by atoms with Crippen molar-refractivity contribution in [3.05, 3.63) is 75.6 Å². The molecule has 5 rings (SSSR count). The maximum absolute atomic E-state index is 13.0. The lowest BCUT2D eigenvalue weighted by Gasteiger charge is -2.29. The number of amides is 3. The van der Waals surface area contributed by atoms with E-state index in [2.05, 4.69) is 15.6 Å². The number of para-hydroxylation sites is 2. The van der Waals surface area contributed by atoms with Gasteiger partial charge in [0.05, 0.1) is 16.8 Å². The lowest BCUT2D eigenvalue weighted by atomic mass is 10.0. The van der Waals surface area contributed by atoms with Crippen molar-refractivity contribution in [2.24, 2.45) is 0 Å². The van der Waals surface area contributed by atoms with Crippen LogP contribution in [0.5, 0.6) is 5.75 Å². The fraction of sp³-hybridized carbons (Fsp3) is 0.227. The fourth-order valence-electron chi connectivity index (χ4n) is 4.06. The summed E-state index contributed by atoms with van der Waals surface area (Å²) in [7, 11) is 0. The number of nitrogens with zero attached hydrogens (tertiary/aromatic N) is 5. The highest BCUT2D eigenvalue weighted by molar-refractivity contribution is 6.05. The number of hydrogen-bond donors (Lipinski definition) is 1. The number of hydrogen-bond acceptors (Lipinski definition) is 8. The summed E-state index contributed by atoms with van der Waals surface area (Å²) in [6.45, 7) is 0.255. The third-order valence-electron chi connectivity index (χ3n) is 5.75. The molecule has 0 radical (unpaired) electrons. The number of ether oxygens (including phenoxy) is 1. The van der Waals surface area contributed by atoms with Gasteiger partial charge in [-0.15, -0.1) is 5.10 Å². The van der Waals surface area contributed by atoms with Crippen LogP contribution in [0, 0.1) is 10.1 Å². The van der Waals surface area contributed by atoms with Gasteiger partial charge >= 0.3 is 5.69 Å². The molecule has 1 saturated heterocycles. The van der Waals surface area contributed by atoms with Gasteiger partial charge in [-0.2, -0.15) is 0 Å². The zero-order valence-electron chi connectivity index (χ0n) is 17.7. The lowest BCUT2D eigenvalue weighted by Crippen LogP contribution is -2.52. The number of rotatable bonds is 6. The van der Waals surface area contributed by atoms with Crippen LogP contribution in [0.2, 0.25) is 0 Å². The smallest absolute Gasteiger partial charge is 0.310 e. The summed E-state index contributed by atoms with van der Waals surface area (Å²) in [5.74, 6) is -0.956. The topological polar surface area (TPSA) is 150 Å². The molecule has 3 amide bonds. The average molecular weight is 462 g/mol. The maximum atomic E-state index is 13.0. The molecule has 1 fully saturated rings. The Kier molecular flexibility index (Phi) is 5.24. The van der Waals surface area contributed by atoms with Crippen LogP contribution >= 0.6 is 0 Å². The number of aromatic nitrogens is 3. The molecular weight excluding hydrogens is 444 g/mol. The largest absolute Gasteiger partial charge is 0.480 e. The van der Waals surface area contributed by atoms with Gasteiger partial charge in [-0.3, -0.25) is 29.8 Å². The molecule has 2 aromatic carbocycles. The van der Waals surface area contributed by atoms with Crippen LogP contribution in [-0.2, 0) is 22.7 Å². The van der Waals surface area contributed by atoms with Crippen molar-refractivity contribution in [1.82, 2.24) is 25.2 Å². The number of carbonyl (C=O) groups is 3. The Labute approximate surface area is 192 Å². The van der Waals surface area contributed by atoms with E-state index in [9.17, 15) is 24.5 Å². The highest BCUT2D eigenvalue weighted by Gasteiger charge is 2.39. The second-order valence-corrected chi connectivity index (χ2v) is 7.91. The number of nitro groups is 1. The van der Waals surface area contributed by atoms with Gasteiger partial charge < -0.3 is 9.64 Å². The van der Waals surface area contributed by atoms with Gasteiger partial charge in [0.25, 0.3) is 5.91 Å². The summed E-state index contributed by atoms with van der Waals surface area (Å²) >= 11 is 0. The van der Waals surface area contributed by atoms with Crippen molar-refractivity contribution in [1.29, 1.82) is 0 Å². The van der Waals surface area contributed by atoms with E-state index in [0.717, 1.165) is 5.56 Å². The molecule has 0 saturated carbocycles. The van der Waals surface area contributed by atoms with Crippen LogP contribution in [0.1, 0.15) is 34.5 Å². The van der Waals surface area contributed by atoms with Crippen LogP contribution in [0.25, 0.3) is 5.69 Å². The highest BCUT2D eigenvalue weighted by atomic mass is 16.6. The number of nitro benzene ring substituents is 1. The predicted molar refractivity (Wildman–Crippen MR) is 115 cm³/mol. The minimum absolute atomic E-state index is 0.0297. The quantitative estimate of drug-likeness (QED) is 0.329. The molecule has 1 atom stereocenters. The Morgan fingerprint density at radius 1 is 1.18 bits per heavy atom. The van der Waals surface area contributed by atoms with Crippen LogP contribution in [-0.4, -0.2) is 48.6 Å². The molecule has 3 aromatic rings. The summed E-state index contributed by atoms with van der Waals surface area (Å²) in [4.78, 5) is 48.7. The Morgan fingerprint density at radius 3 is 2.79 bits per heavy atom. The highest BCUT2D eigenvalue weighted by Crippen LogP contribution is 2.29. The Hall–Kier alpha value is -4.61. The minimum Gasteiger partial charge on any atom is -0.480 e. The standard InChI is InChI=1S/C22H18N6O6/c29-20-8-7-18(21(30)23-20)26-10-13-5-6-15(9-16(13)22(26)31)27-11-14(24-25-27)12-34-19-4-2-1-3-17(19)28(32)33/h1-6,9,11,18H,7-8,10,12H2,(H,23,29,30). The number of nitrogens with one attached hydrogen (secondary N) is 1. The van der Waals surface area contributed by atoms with Gasteiger partial charge in [-0.05, 0) is 30.2 Å². The van der Waals surface area contributed by atoms with E-state index in [1.165, 1.54) is 21.7 Å². The molecule has 12 heteroatoms. The van der Waals surface area contributed by atoms with Crippen molar-refractivity contribution in [3.63, 3.8) is 0 Å². The molecule has 34 heavy (non-hydrogen) atoms. The number of fused-ring (bicyclic) bond motifs is 1. The SMILES string of the molecule is O=C1CCC(N2Cc3ccc(-n4cc(COc5ccccc5[N+](=O)[O-])nn4)cc3C2=O)C(=O)N1. The number of carbonyl (C=O) groups excluding carboxylic acids is 3. The van der Waals surface area contributed by atoms with Crippen molar-refractivity contribution >= 4 is 23.4 Å². The molecule has 12 nitrogen and oxygen atoms in total.